The first kappa shape index (κ1) is 14.7. The van der Waals surface area contributed by atoms with Crippen molar-refractivity contribution in [1.29, 1.82) is 0 Å². The van der Waals surface area contributed by atoms with Gasteiger partial charge < -0.3 is 10.6 Å². The highest BCUT2D eigenvalue weighted by atomic mass is 19.1. The van der Waals surface area contributed by atoms with Crippen molar-refractivity contribution in [2.45, 2.75) is 13.8 Å². The molecule has 0 saturated carbocycles. The van der Waals surface area contributed by atoms with Crippen molar-refractivity contribution < 1.29 is 14.0 Å². The van der Waals surface area contributed by atoms with E-state index in [0.29, 0.717) is 11.4 Å². The predicted octanol–water partition coefficient (Wildman–Crippen LogP) is 3.02. The molecule has 0 aliphatic heterocycles. The third-order valence-electron chi connectivity index (χ3n) is 2.79. The molecule has 2 aromatic carbocycles. The van der Waals surface area contributed by atoms with Crippen LogP contribution in [0, 0.1) is 19.7 Å². The Hall–Kier alpha value is -2.69. The zero-order valence-corrected chi connectivity index (χ0v) is 11.7. The van der Waals surface area contributed by atoms with Crippen molar-refractivity contribution in [3.05, 3.63) is 59.4 Å². The van der Waals surface area contributed by atoms with Gasteiger partial charge >= 0.3 is 11.8 Å². The van der Waals surface area contributed by atoms with Crippen LogP contribution in [0.5, 0.6) is 0 Å². The number of amides is 2. The van der Waals surface area contributed by atoms with Crippen LogP contribution in [-0.2, 0) is 9.59 Å². The molecule has 0 aromatic heterocycles. The lowest BCUT2D eigenvalue weighted by molar-refractivity contribution is -0.132. The molecular weight excluding hydrogens is 271 g/mol. The number of aryl methyl sites for hydroxylation is 2. The fourth-order valence-corrected chi connectivity index (χ4v) is 1.96. The van der Waals surface area contributed by atoms with E-state index >= 15 is 0 Å². The first-order valence-corrected chi connectivity index (χ1v) is 6.40. The number of carbonyl (C=O) groups is 2. The highest BCUT2D eigenvalue weighted by molar-refractivity contribution is 6.43. The summed E-state index contributed by atoms with van der Waals surface area (Å²) in [6.07, 6.45) is 0. The second kappa shape index (κ2) is 6.17. The van der Waals surface area contributed by atoms with E-state index in [9.17, 15) is 14.0 Å². The normalized spacial score (nSPS) is 10.0. The summed E-state index contributed by atoms with van der Waals surface area (Å²) in [6.45, 7) is 3.81. The molecule has 108 valence electrons. The summed E-state index contributed by atoms with van der Waals surface area (Å²) in [6, 6.07) is 10.7. The molecule has 0 aliphatic carbocycles. The van der Waals surface area contributed by atoms with E-state index in [4.69, 9.17) is 0 Å². The molecule has 5 heteroatoms. The molecule has 0 spiro atoms. The van der Waals surface area contributed by atoms with E-state index in [1.165, 1.54) is 24.3 Å². The zero-order valence-electron chi connectivity index (χ0n) is 11.7. The lowest BCUT2D eigenvalue weighted by atomic mass is 10.1. The fraction of sp³-hybridized carbons (Fsp3) is 0.125. The minimum Gasteiger partial charge on any atom is -0.318 e. The summed E-state index contributed by atoms with van der Waals surface area (Å²) >= 11 is 0. The minimum absolute atomic E-state index is 0.358. The van der Waals surface area contributed by atoms with Gasteiger partial charge in [-0.05, 0) is 61.4 Å². The van der Waals surface area contributed by atoms with Crippen LogP contribution in [0.2, 0.25) is 0 Å². The van der Waals surface area contributed by atoms with E-state index in [-0.39, 0.29) is 0 Å². The monoisotopic (exact) mass is 286 g/mol. The van der Waals surface area contributed by atoms with Gasteiger partial charge in [-0.3, -0.25) is 9.59 Å². The molecule has 2 aromatic rings. The second-order valence-corrected chi connectivity index (χ2v) is 4.79. The van der Waals surface area contributed by atoms with E-state index < -0.39 is 17.6 Å². The van der Waals surface area contributed by atoms with Crippen molar-refractivity contribution in [3.63, 3.8) is 0 Å². The maximum absolute atomic E-state index is 12.8. The SMILES string of the molecule is Cc1cc(C)cc(NC(=O)C(=O)Nc2ccc(F)cc2)c1. The molecule has 0 fully saturated rings. The van der Waals surface area contributed by atoms with Gasteiger partial charge in [0.1, 0.15) is 5.82 Å². The molecule has 0 atom stereocenters. The molecular formula is C16H15FN2O2. The highest BCUT2D eigenvalue weighted by Crippen LogP contribution is 2.14. The maximum Gasteiger partial charge on any atom is 0.314 e. The van der Waals surface area contributed by atoms with Gasteiger partial charge in [0.15, 0.2) is 0 Å². The van der Waals surface area contributed by atoms with Crippen molar-refractivity contribution in [1.82, 2.24) is 0 Å². The standard InChI is InChI=1S/C16H15FN2O2/c1-10-7-11(2)9-14(8-10)19-16(21)15(20)18-13-5-3-12(17)4-6-13/h3-9H,1-2H3,(H,18,20)(H,19,21). The Kier molecular flexibility index (Phi) is 4.33. The van der Waals surface area contributed by atoms with Crippen molar-refractivity contribution in [2.24, 2.45) is 0 Å². The van der Waals surface area contributed by atoms with Gasteiger partial charge in [-0.25, -0.2) is 4.39 Å². The Morgan fingerprint density at radius 2 is 1.29 bits per heavy atom. The second-order valence-electron chi connectivity index (χ2n) is 4.79. The quantitative estimate of drug-likeness (QED) is 0.834. The number of anilines is 2. The molecule has 0 saturated heterocycles. The van der Waals surface area contributed by atoms with Gasteiger partial charge in [0.2, 0.25) is 0 Å². The molecule has 2 rings (SSSR count). The number of nitrogens with one attached hydrogen (secondary N) is 2. The van der Waals surface area contributed by atoms with Gasteiger partial charge in [0.25, 0.3) is 0 Å². The summed E-state index contributed by atoms with van der Waals surface area (Å²) < 4.78 is 12.8. The number of halogens is 1. The molecule has 2 amide bonds. The molecule has 4 nitrogen and oxygen atoms in total. The minimum atomic E-state index is -0.805. The van der Waals surface area contributed by atoms with Crippen LogP contribution < -0.4 is 10.6 Å². The molecule has 0 unspecified atom stereocenters. The number of hydrogen-bond acceptors (Lipinski definition) is 2. The van der Waals surface area contributed by atoms with Gasteiger partial charge in [-0.15, -0.1) is 0 Å². The van der Waals surface area contributed by atoms with Crippen LogP contribution in [0.25, 0.3) is 0 Å². The smallest absolute Gasteiger partial charge is 0.314 e. The summed E-state index contributed by atoms with van der Waals surface area (Å²) in [7, 11) is 0. The van der Waals surface area contributed by atoms with Crippen LogP contribution in [0.3, 0.4) is 0 Å². The lowest BCUT2D eigenvalue weighted by Crippen LogP contribution is -2.29. The Labute approximate surface area is 122 Å². The predicted molar refractivity (Wildman–Crippen MR) is 79.6 cm³/mol. The topological polar surface area (TPSA) is 58.2 Å². The average molecular weight is 286 g/mol. The van der Waals surface area contributed by atoms with Crippen LogP contribution in [0.1, 0.15) is 11.1 Å². The summed E-state index contributed by atoms with van der Waals surface area (Å²) in [4.78, 5) is 23.6. The number of rotatable bonds is 2. The van der Waals surface area contributed by atoms with Gasteiger partial charge in [-0.2, -0.15) is 0 Å². The van der Waals surface area contributed by atoms with E-state index in [2.05, 4.69) is 10.6 Å². The number of benzene rings is 2. The van der Waals surface area contributed by atoms with Gasteiger partial charge in [-0.1, -0.05) is 6.07 Å². The third-order valence-corrected chi connectivity index (χ3v) is 2.79. The van der Waals surface area contributed by atoms with Crippen LogP contribution >= 0.6 is 0 Å². The van der Waals surface area contributed by atoms with E-state index in [1.807, 2.05) is 19.9 Å². The van der Waals surface area contributed by atoms with Crippen molar-refractivity contribution in [2.75, 3.05) is 10.6 Å². The van der Waals surface area contributed by atoms with Gasteiger partial charge in [0, 0.05) is 11.4 Å². The van der Waals surface area contributed by atoms with E-state index in [0.717, 1.165) is 11.1 Å². The lowest BCUT2D eigenvalue weighted by Gasteiger charge is -2.08. The van der Waals surface area contributed by atoms with Crippen LogP contribution in [-0.4, -0.2) is 11.8 Å². The first-order chi connectivity index (χ1) is 9.94. The Morgan fingerprint density at radius 3 is 1.81 bits per heavy atom. The molecule has 0 aliphatic rings. The molecule has 2 N–H and O–H groups in total. The Balaban J connectivity index is 2.02. The Bertz CT molecular complexity index is 661. The average Bonchev–Trinajstić information content (AvgIpc) is 2.40. The van der Waals surface area contributed by atoms with Gasteiger partial charge in [0.05, 0.1) is 0 Å². The number of hydrogen-bond donors (Lipinski definition) is 2. The fourth-order valence-electron chi connectivity index (χ4n) is 1.96. The summed E-state index contributed by atoms with van der Waals surface area (Å²) in [5.74, 6) is -1.99. The largest absolute Gasteiger partial charge is 0.318 e. The van der Waals surface area contributed by atoms with E-state index in [1.54, 1.807) is 12.1 Å². The molecule has 0 heterocycles. The highest BCUT2D eigenvalue weighted by Gasteiger charge is 2.14. The molecule has 0 bridgehead atoms. The molecule has 21 heavy (non-hydrogen) atoms. The zero-order chi connectivity index (χ0) is 15.4. The van der Waals surface area contributed by atoms with Crippen LogP contribution in [0.15, 0.2) is 42.5 Å². The van der Waals surface area contributed by atoms with Crippen molar-refractivity contribution >= 4 is 23.2 Å². The summed E-state index contributed by atoms with van der Waals surface area (Å²) in [5, 5.41) is 4.93. The summed E-state index contributed by atoms with van der Waals surface area (Å²) in [5.41, 5.74) is 2.90. The van der Waals surface area contributed by atoms with Crippen LogP contribution in [0.4, 0.5) is 15.8 Å². The third kappa shape index (κ3) is 4.14. The van der Waals surface area contributed by atoms with Crippen molar-refractivity contribution in [3.8, 4) is 0 Å². The maximum atomic E-state index is 12.8. The number of carbonyl (C=O) groups excluding carboxylic acids is 2. The molecule has 0 radical (unpaired) electrons. The Morgan fingerprint density at radius 1 is 0.810 bits per heavy atom. The first-order valence-electron chi connectivity index (χ1n) is 6.40.